The fraction of sp³-hybridized carbons (Fsp3) is 1.00. The minimum absolute atomic E-state index is 0.0573. The Kier molecular flexibility index (Phi) is 4.55. The summed E-state index contributed by atoms with van der Waals surface area (Å²) in [6.45, 7) is 6.52. The fourth-order valence-corrected chi connectivity index (χ4v) is 3.31. The van der Waals surface area contributed by atoms with Crippen molar-refractivity contribution in [3.63, 3.8) is 0 Å². The van der Waals surface area contributed by atoms with E-state index in [1.807, 2.05) is 13.8 Å². The van der Waals surface area contributed by atoms with E-state index in [0.717, 1.165) is 25.9 Å². The fourth-order valence-electron chi connectivity index (χ4n) is 2.06. The molecule has 0 bridgehead atoms. The van der Waals surface area contributed by atoms with Crippen LogP contribution in [0.4, 0.5) is 0 Å². The van der Waals surface area contributed by atoms with Gasteiger partial charge in [-0.25, -0.2) is 8.42 Å². The molecule has 0 aromatic carbocycles. The molecule has 0 radical (unpaired) electrons. The minimum atomic E-state index is -3.06. The second-order valence-electron chi connectivity index (χ2n) is 4.64. The van der Waals surface area contributed by atoms with Crippen LogP contribution in [0.3, 0.4) is 0 Å². The van der Waals surface area contributed by atoms with Crippen LogP contribution in [0.1, 0.15) is 26.7 Å². The lowest BCUT2D eigenvalue weighted by molar-refractivity contribution is 0.265. The topological polar surface area (TPSA) is 49.4 Å². The number of nitrogens with one attached hydrogen (secondary N) is 1. The van der Waals surface area contributed by atoms with E-state index in [-0.39, 0.29) is 6.04 Å². The second-order valence-corrected chi connectivity index (χ2v) is 6.57. The summed E-state index contributed by atoms with van der Waals surface area (Å²) >= 11 is 0. The number of piperidine rings is 1. The molecule has 4 nitrogen and oxygen atoms in total. The summed E-state index contributed by atoms with van der Waals surface area (Å²) in [5.41, 5.74) is 0. The quantitative estimate of drug-likeness (QED) is 0.777. The van der Waals surface area contributed by atoms with E-state index in [2.05, 4.69) is 5.32 Å². The van der Waals surface area contributed by atoms with Crippen molar-refractivity contribution in [2.45, 2.75) is 32.7 Å². The van der Waals surface area contributed by atoms with Gasteiger partial charge in [0.15, 0.2) is 0 Å². The van der Waals surface area contributed by atoms with Crippen molar-refractivity contribution in [2.24, 2.45) is 5.92 Å². The van der Waals surface area contributed by atoms with Crippen LogP contribution >= 0.6 is 0 Å². The summed E-state index contributed by atoms with van der Waals surface area (Å²) in [6.07, 6.45) is 3.58. The Labute approximate surface area is 93.1 Å². The summed E-state index contributed by atoms with van der Waals surface area (Å²) in [4.78, 5) is 0. The molecule has 1 N–H and O–H groups in total. The zero-order valence-electron chi connectivity index (χ0n) is 9.86. The maximum Gasteiger partial charge on any atom is 0.211 e. The highest BCUT2D eigenvalue weighted by molar-refractivity contribution is 7.88. The molecule has 1 aliphatic heterocycles. The molecule has 1 unspecified atom stereocenters. The van der Waals surface area contributed by atoms with Crippen molar-refractivity contribution in [3.8, 4) is 0 Å². The zero-order chi connectivity index (χ0) is 11.5. The average molecular weight is 234 g/mol. The third kappa shape index (κ3) is 4.09. The Hall–Kier alpha value is -0.130. The first-order valence-electron chi connectivity index (χ1n) is 5.59. The van der Waals surface area contributed by atoms with Gasteiger partial charge in [-0.1, -0.05) is 0 Å². The van der Waals surface area contributed by atoms with Crippen LogP contribution in [-0.2, 0) is 10.0 Å². The Morgan fingerprint density at radius 2 is 2.13 bits per heavy atom. The molecule has 0 saturated carbocycles. The van der Waals surface area contributed by atoms with Gasteiger partial charge in [0.2, 0.25) is 10.0 Å². The van der Waals surface area contributed by atoms with E-state index >= 15 is 0 Å². The lowest BCUT2D eigenvalue weighted by Gasteiger charge is -2.30. The average Bonchev–Trinajstić information content (AvgIpc) is 2.13. The molecule has 1 rings (SSSR count). The molecular weight excluding hydrogens is 212 g/mol. The molecule has 0 amide bonds. The van der Waals surface area contributed by atoms with Crippen LogP contribution in [0, 0.1) is 5.92 Å². The van der Waals surface area contributed by atoms with Gasteiger partial charge in [0.25, 0.3) is 0 Å². The predicted molar refractivity (Wildman–Crippen MR) is 62.3 cm³/mol. The van der Waals surface area contributed by atoms with E-state index in [9.17, 15) is 8.42 Å². The summed E-state index contributed by atoms with van der Waals surface area (Å²) in [7, 11) is -3.06. The molecule has 1 heterocycles. The van der Waals surface area contributed by atoms with Crippen LogP contribution in [-0.4, -0.2) is 44.7 Å². The first kappa shape index (κ1) is 12.9. The van der Waals surface area contributed by atoms with Crippen molar-refractivity contribution >= 4 is 10.0 Å². The number of hydrogen-bond donors (Lipinski definition) is 1. The Morgan fingerprint density at radius 1 is 1.47 bits per heavy atom. The van der Waals surface area contributed by atoms with E-state index in [0.29, 0.717) is 12.5 Å². The predicted octanol–water partition coefficient (Wildman–Crippen LogP) is 0.656. The number of rotatable bonds is 4. The highest BCUT2D eigenvalue weighted by Gasteiger charge is 2.24. The van der Waals surface area contributed by atoms with Crippen LogP contribution in [0.25, 0.3) is 0 Å². The first-order chi connectivity index (χ1) is 6.91. The van der Waals surface area contributed by atoms with Crippen molar-refractivity contribution in [1.29, 1.82) is 0 Å². The minimum Gasteiger partial charge on any atom is -0.316 e. The van der Waals surface area contributed by atoms with E-state index in [1.165, 1.54) is 6.26 Å². The van der Waals surface area contributed by atoms with E-state index < -0.39 is 10.0 Å². The van der Waals surface area contributed by atoms with Crippen molar-refractivity contribution in [2.75, 3.05) is 25.9 Å². The largest absolute Gasteiger partial charge is 0.316 e. The SMILES string of the molecule is CC(C)N(CC1CCCNC1)S(C)(=O)=O. The molecule has 0 aromatic rings. The number of sulfonamides is 1. The number of nitrogens with zero attached hydrogens (tertiary/aromatic N) is 1. The van der Waals surface area contributed by atoms with Crippen LogP contribution < -0.4 is 5.32 Å². The lowest BCUT2D eigenvalue weighted by atomic mass is 9.99. The van der Waals surface area contributed by atoms with Crippen molar-refractivity contribution in [1.82, 2.24) is 9.62 Å². The highest BCUT2D eigenvalue weighted by atomic mass is 32.2. The Bertz CT molecular complexity index is 282. The standard InChI is InChI=1S/C10H22N2O2S/c1-9(2)12(15(3,13)14)8-10-5-4-6-11-7-10/h9-11H,4-8H2,1-3H3. The number of hydrogen-bond acceptors (Lipinski definition) is 3. The highest BCUT2D eigenvalue weighted by Crippen LogP contribution is 2.15. The van der Waals surface area contributed by atoms with E-state index in [4.69, 9.17) is 0 Å². The monoisotopic (exact) mass is 234 g/mol. The molecule has 5 heteroatoms. The molecule has 90 valence electrons. The smallest absolute Gasteiger partial charge is 0.211 e. The summed E-state index contributed by atoms with van der Waals surface area (Å²) in [5.74, 6) is 0.468. The maximum absolute atomic E-state index is 11.6. The third-order valence-electron chi connectivity index (χ3n) is 2.84. The molecule has 1 atom stereocenters. The Balaban J connectivity index is 2.58. The van der Waals surface area contributed by atoms with Crippen LogP contribution in [0.15, 0.2) is 0 Å². The third-order valence-corrected chi connectivity index (χ3v) is 4.26. The summed E-state index contributed by atoms with van der Waals surface area (Å²) < 4.78 is 24.7. The molecule has 15 heavy (non-hydrogen) atoms. The van der Waals surface area contributed by atoms with Crippen molar-refractivity contribution < 1.29 is 8.42 Å². The van der Waals surface area contributed by atoms with Gasteiger partial charge >= 0.3 is 0 Å². The lowest BCUT2D eigenvalue weighted by Crippen LogP contribution is -2.43. The summed E-state index contributed by atoms with van der Waals surface area (Å²) in [6, 6.07) is 0.0573. The van der Waals surface area contributed by atoms with E-state index in [1.54, 1.807) is 4.31 Å². The zero-order valence-corrected chi connectivity index (χ0v) is 10.7. The molecular formula is C10H22N2O2S. The van der Waals surface area contributed by atoms with Gasteiger partial charge in [-0.15, -0.1) is 0 Å². The van der Waals surface area contributed by atoms with Gasteiger partial charge < -0.3 is 5.32 Å². The summed E-state index contributed by atoms with van der Waals surface area (Å²) in [5, 5.41) is 3.31. The molecule has 1 aliphatic rings. The van der Waals surface area contributed by atoms with Crippen LogP contribution in [0.2, 0.25) is 0 Å². The first-order valence-corrected chi connectivity index (χ1v) is 7.43. The second kappa shape index (κ2) is 5.27. The molecule has 1 fully saturated rings. The van der Waals surface area contributed by atoms with Gasteiger partial charge in [-0.05, 0) is 45.7 Å². The molecule has 0 spiro atoms. The van der Waals surface area contributed by atoms with Gasteiger partial charge in [0.1, 0.15) is 0 Å². The Morgan fingerprint density at radius 3 is 2.53 bits per heavy atom. The molecule has 0 aliphatic carbocycles. The molecule has 0 aromatic heterocycles. The maximum atomic E-state index is 11.6. The van der Waals surface area contributed by atoms with Crippen molar-refractivity contribution in [3.05, 3.63) is 0 Å². The normalized spacial score (nSPS) is 23.7. The van der Waals surface area contributed by atoms with Gasteiger partial charge in [0, 0.05) is 12.6 Å². The van der Waals surface area contributed by atoms with Gasteiger partial charge in [-0.3, -0.25) is 0 Å². The van der Waals surface area contributed by atoms with Gasteiger partial charge in [-0.2, -0.15) is 4.31 Å². The van der Waals surface area contributed by atoms with Gasteiger partial charge in [0.05, 0.1) is 6.26 Å². The molecule has 1 saturated heterocycles. The van der Waals surface area contributed by atoms with Crippen LogP contribution in [0.5, 0.6) is 0 Å².